The second kappa shape index (κ2) is 8.67. The van der Waals surface area contributed by atoms with Crippen molar-refractivity contribution in [2.24, 2.45) is 11.8 Å². The first kappa shape index (κ1) is 18.2. The fourth-order valence-electron chi connectivity index (χ4n) is 3.93. The van der Waals surface area contributed by atoms with Crippen molar-refractivity contribution < 1.29 is 19.4 Å². The number of likely N-dealkylation sites (tertiary alicyclic amines) is 1. The number of carboxylic acid groups (broad SMARTS) is 1. The van der Waals surface area contributed by atoms with Crippen LogP contribution in [0.2, 0.25) is 0 Å². The number of carbonyl (C=O) groups excluding carboxylic acids is 1. The first-order chi connectivity index (χ1) is 11.0. The van der Waals surface area contributed by atoms with Gasteiger partial charge in [0.2, 0.25) is 0 Å². The van der Waals surface area contributed by atoms with Gasteiger partial charge in [-0.1, -0.05) is 19.8 Å². The molecular formula is C18H31NO4. The van der Waals surface area contributed by atoms with Crippen molar-refractivity contribution in [2.75, 3.05) is 13.1 Å². The van der Waals surface area contributed by atoms with Gasteiger partial charge in [-0.15, -0.1) is 0 Å². The van der Waals surface area contributed by atoms with Crippen molar-refractivity contribution in [2.45, 2.75) is 77.4 Å². The molecule has 0 aromatic rings. The lowest BCUT2D eigenvalue weighted by atomic mass is 9.88. The molecule has 1 N–H and O–H groups in total. The first-order valence-corrected chi connectivity index (χ1v) is 9.11. The zero-order valence-corrected chi connectivity index (χ0v) is 14.5. The number of hydrogen-bond acceptors (Lipinski definition) is 3. The van der Waals surface area contributed by atoms with Crippen molar-refractivity contribution in [3.05, 3.63) is 0 Å². The maximum absolute atomic E-state index is 12.6. The number of piperidine rings is 1. The Hall–Kier alpha value is -1.10. The SMILES string of the molecule is C[C@@H]1CCC[C@H](O[C@@H](C)C(=O)N2CCC[C@H](CCC(=O)O)C2)C1. The Morgan fingerprint density at radius 2 is 2.04 bits per heavy atom. The Bertz CT molecular complexity index is 412. The Kier molecular flexibility index (Phi) is 6.88. The molecule has 132 valence electrons. The lowest BCUT2D eigenvalue weighted by Crippen LogP contribution is -2.46. The van der Waals surface area contributed by atoms with Crippen LogP contribution in [0.25, 0.3) is 0 Å². The third-order valence-corrected chi connectivity index (χ3v) is 5.23. The number of hydrogen-bond donors (Lipinski definition) is 1. The van der Waals surface area contributed by atoms with E-state index in [1.54, 1.807) is 0 Å². The summed E-state index contributed by atoms with van der Waals surface area (Å²) < 4.78 is 6.02. The minimum absolute atomic E-state index is 0.0725. The number of carbonyl (C=O) groups is 2. The zero-order valence-electron chi connectivity index (χ0n) is 14.5. The summed E-state index contributed by atoms with van der Waals surface area (Å²) in [7, 11) is 0. The standard InChI is InChI=1S/C18H31NO4/c1-13-5-3-7-16(11-13)23-14(2)18(22)19-10-4-6-15(12-19)8-9-17(20)21/h13-16H,3-12H2,1-2H3,(H,20,21)/t13-,14+,15-,16+/m1/s1. The van der Waals surface area contributed by atoms with Gasteiger partial charge in [-0.2, -0.15) is 0 Å². The summed E-state index contributed by atoms with van der Waals surface area (Å²) in [6, 6.07) is 0. The average Bonchev–Trinajstić information content (AvgIpc) is 2.52. The van der Waals surface area contributed by atoms with Gasteiger partial charge in [0.25, 0.3) is 5.91 Å². The molecule has 1 aliphatic carbocycles. The number of carboxylic acids is 1. The molecule has 0 bridgehead atoms. The molecule has 4 atom stereocenters. The highest BCUT2D eigenvalue weighted by molar-refractivity contribution is 5.80. The van der Waals surface area contributed by atoms with Gasteiger partial charge < -0.3 is 14.7 Å². The molecular weight excluding hydrogens is 294 g/mol. The molecule has 1 aliphatic heterocycles. The van der Waals surface area contributed by atoms with Gasteiger partial charge in [0.15, 0.2) is 0 Å². The summed E-state index contributed by atoms with van der Waals surface area (Å²) in [6.45, 7) is 5.57. The molecule has 1 saturated heterocycles. The molecule has 0 radical (unpaired) electrons. The Morgan fingerprint density at radius 1 is 1.26 bits per heavy atom. The van der Waals surface area contributed by atoms with Gasteiger partial charge in [0, 0.05) is 19.5 Å². The molecule has 23 heavy (non-hydrogen) atoms. The van der Waals surface area contributed by atoms with E-state index in [2.05, 4.69) is 6.92 Å². The van der Waals surface area contributed by atoms with E-state index in [9.17, 15) is 9.59 Å². The van der Waals surface area contributed by atoms with E-state index >= 15 is 0 Å². The van der Waals surface area contributed by atoms with E-state index in [1.165, 1.54) is 12.8 Å². The molecule has 2 aliphatic rings. The van der Waals surface area contributed by atoms with Crippen LogP contribution in [-0.2, 0) is 14.3 Å². The maximum atomic E-state index is 12.6. The van der Waals surface area contributed by atoms with Crippen molar-refractivity contribution in [3.63, 3.8) is 0 Å². The zero-order chi connectivity index (χ0) is 16.8. The van der Waals surface area contributed by atoms with Gasteiger partial charge >= 0.3 is 5.97 Å². The first-order valence-electron chi connectivity index (χ1n) is 9.11. The minimum atomic E-state index is -0.753. The van der Waals surface area contributed by atoms with Crippen LogP contribution in [0.4, 0.5) is 0 Å². The molecule has 5 heteroatoms. The van der Waals surface area contributed by atoms with Crippen LogP contribution in [0, 0.1) is 11.8 Å². The van der Waals surface area contributed by atoms with Crippen molar-refractivity contribution >= 4 is 11.9 Å². The Balaban J connectivity index is 1.79. The topological polar surface area (TPSA) is 66.8 Å². The van der Waals surface area contributed by atoms with E-state index in [0.717, 1.165) is 32.2 Å². The lowest BCUT2D eigenvalue weighted by molar-refractivity contribution is -0.149. The van der Waals surface area contributed by atoms with E-state index in [1.807, 2.05) is 11.8 Å². The quantitative estimate of drug-likeness (QED) is 0.815. The fraction of sp³-hybridized carbons (Fsp3) is 0.889. The summed E-state index contributed by atoms with van der Waals surface area (Å²) in [5.74, 6) is 0.317. The van der Waals surface area contributed by atoms with E-state index in [-0.39, 0.29) is 24.5 Å². The van der Waals surface area contributed by atoms with Crippen LogP contribution >= 0.6 is 0 Å². The van der Waals surface area contributed by atoms with Gasteiger partial charge in [-0.25, -0.2) is 0 Å². The third-order valence-electron chi connectivity index (χ3n) is 5.23. The molecule has 1 saturated carbocycles. The number of aliphatic carboxylic acids is 1. The van der Waals surface area contributed by atoms with Crippen LogP contribution in [0.15, 0.2) is 0 Å². The molecule has 0 spiro atoms. The largest absolute Gasteiger partial charge is 0.481 e. The van der Waals surface area contributed by atoms with Gasteiger partial charge in [-0.05, 0) is 50.9 Å². The summed E-state index contributed by atoms with van der Waals surface area (Å²) in [5, 5.41) is 8.81. The second-order valence-electron chi connectivity index (χ2n) is 7.40. The van der Waals surface area contributed by atoms with Gasteiger partial charge in [0.05, 0.1) is 6.10 Å². The maximum Gasteiger partial charge on any atom is 0.303 e. The monoisotopic (exact) mass is 325 g/mol. The predicted molar refractivity (Wildman–Crippen MR) is 88.1 cm³/mol. The fourth-order valence-corrected chi connectivity index (χ4v) is 3.93. The molecule has 0 aromatic carbocycles. The predicted octanol–water partition coefficient (Wildman–Crippen LogP) is 3.07. The number of nitrogens with zero attached hydrogens (tertiary/aromatic N) is 1. The molecule has 1 heterocycles. The second-order valence-corrected chi connectivity index (χ2v) is 7.40. The van der Waals surface area contributed by atoms with Crippen molar-refractivity contribution in [1.82, 2.24) is 4.90 Å². The summed E-state index contributed by atoms with van der Waals surface area (Å²) in [5.41, 5.74) is 0. The lowest BCUT2D eigenvalue weighted by Gasteiger charge is -2.35. The van der Waals surface area contributed by atoms with Crippen LogP contribution in [0.3, 0.4) is 0 Å². The molecule has 1 amide bonds. The number of rotatable bonds is 6. The van der Waals surface area contributed by atoms with Crippen LogP contribution in [-0.4, -0.2) is 47.2 Å². The normalized spacial score (nSPS) is 30.0. The van der Waals surface area contributed by atoms with Gasteiger partial charge in [0.1, 0.15) is 6.10 Å². The molecule has 2 rings (SSSR count). The minimum Gasteiger partial charge on any atom is -0.481 e. The smallest absolute Gasteiger partial charge is 0.303 e. The molecule has 0 unspecified atom stereocenters. The van der Waals surface area contributed by atoms with Crippen LogP contribution < -0.4 is 0 Å². The Morgan fingerprint density at radius 3 is 2.74 bits per heavy atom. The summed E-state index contributed by atoms with van der Waals surface area (Å²) in [4.78, 5) is 25.2. The van der Waals surface area contributed by atoms with Crippen LogP contribution in [0.5, 0.6) is 0 Å². The highest BCUT2D eigenvalue weighted by Crippen LogP contribution is 2.27. The summed E-state index contributed by atoms with van der Waals surface area (Å²) >= 11 is 0. The average molecular weight is 325 g/mol. The van der Waals surface area contributed by atoms with Crippen LogP contribution in [0.1, 0.15) is 65.2 Å². The van der Waals surface area contributed by atoms with Crippen molar-refractivity contribution in [3.8, 4) is 0 Å². The van der Waals surface area contributed by atoms with E-state index in [0.29, 0.717) is 24.8 Å². The molecule has 0 aromatic heterocycles. The number of ether oxygens (including phenoxy) is 1. The summed E-state index contributed by atoms with van der Waals surface area (Å²) in [6.07, 6.45) is 7.23. The van der Waals surface area contributed by atoms with Gasteiger partial charge in [-0.3, -0.25) is 9.59 Å². The van der Waals surface area contributed by atoms with Crippen molar-refractivity contribution in [1.29, 1.82) is 0 Å². The number of amides is 1. The highest BCUT2D eigenvalue weighted by Gasteiger charge is 2.30. The Labute approximate surface area is 139 Å². The molecule has 5 nitrogen and oxygen atoms in total. The molecule has 2 fully saturated rings. The van der Waals surface area contributed by atoms with E-state index < -0.39 is 5.97 Å². The highest BCUT2D eigenvalue weighted by atomic mass is 16.5. The third kappa shape index (κ3) is 5.79. The van der Waals surface area contributed by atoms with E-state index in [4.69, 9.17) is 9.84 Å².